The van der Waals surface area contributed by atoms with Gasteiger partial charge in [0.05, 0.1) is 10.4 Å². The van der Waals surface area contributed by atoms with E-state index in [4.69, 9.17) is 4.99 Å². The van der Waals surface area contributed by atoms with Crippen molar-refractivity contribution in [1.82, 2.24) is 14.7 Å². The molecular formula is C26H35IN6O. The number of amides is 2. The second-order valence-corrected chi connectivity index (χ2v) is 12.4. The Morgan fingerprint density at radius 2 is 1.74 bits per heavy atom. The lowest BCUT2D eigenvalue weighted by atomic mass is 9.67. The van der Waals surface area contributed by atoms with E-state index >= 15 is 0 Å². The summed E-state index contributed by atoms with van der Waals surface area (Å²) < 4.78 is 6.61. The monoisotopic (exact) mass is 574 g/mol. The number of carbonyl (C=O) groups is 1. The number of rotatable bonds is 1. The molecule has 0 N–H and O–H groups in total. The van der Waals surface area contributed by atoms with Crippen LogP contribution in [-0.4, -0.2) is 88.8 Å². The summed E-state index contributed by atoms with van der Waals surface area (Å²) in [6, 6.07) is 10.7. The van der Waals surface area contributed by atoms with Crippen LogP contribution < -0.4 is 4.90 Å². The first-order valence-electron chi connectivity index (χ1n) is 12.7. The zero-order valence-corrected chi connectivity index (χ0v) is 22.4. The van der Waals surface area contributed by atoms with Gasteiger partial charge in [0, 0.05) is 70.9 Å². The van der Waals surface area contributed by atoms with Crippen LogP contribution in [0.5, 0.6) is 0 Å². The van der Waals surface area contributed by atoms with Crippen molar-refractivity contribution in [2.75, 3.05) is 38.6 Å². The zero-order valence-electron chi connectivity index (χ0n) is 20.2. The molecule has 1 aromatic rings. The summed E-state index contributed by atoms with van der Waals surface area (Å²) in [6.07, 6.45) is 10.6. The van der Waals surface area contributed by atoms with Crippen LogP contribution in [0.2, 0.25) is 0 Å². The molecule has 2 atom stereocenters. The van der Waals surface area contributed by atoms with Crippen LogP contribution in [0.15, 0.2) is 32.5 Å². The molecular weight excluding hydrogens is 539 g/mol. The molecule has 182 valence electrons. The molecule has 5 heterocycles. The van der Waals surface area contributed by atoms with Crippen molar-refractivity contribution in [3.63, 3.8) is 0 Å². The van der Waals surface area contributed by atoms with Gasteiger partial charge in [-0.05, 0) is 69.7 Å². The lowest BCUT2D eigenvalue weighted by molar-refractivity contribution is 0.0583. The van der Waals surface area contributed by atoms with Crippen molar-refractivity contribution in [2.45, 2.75) is 68.5 Å². The Morgan fingerprint density at radius 1 is 1.03 bits per heavy atom. The number of carbonyl (C=O) groups excluding carboxylic acids is 1. The molecule has 0 aromatic heterocycles. The largest absolute Gasteiger partial charge is 0.349 e. The number of para-hydroxylation sites is 1. The summed E-state index contributed by atoms with van der Waals surface area (Å²) in [5, 5.41) is 0. The molecule has 7 nitrogen and oxygen atoms in total. The molecule has 2 bridgehead atoms. The van der Waals surface area contributed by atoms with E-state index in [0.29, 0.717) is 18.1 Å². The molecule has 1 spiro atoms. The fourth-order valence-corrected chi connectivity index (χ4v) is 8.13. The number of amidine groups is 1. The lowest BCUT2D eigenvalue weighted by Crippen LogP contribution is -2.56. The highest BCUT2D eigenvalue weighted by molar-refractivity contribution is 14.2. The molecule has 3 fully saturated rings. The van der Waals surface area contributed by atoms with E-state index in [9.17, 15) is 4.79 Å². The minimum atomic E-state index is -0.204. The molecule has 3 saturated heterocycles. The fraction of sp³-hybridized carbons (Fsp3) is 0.615. The standard InChI is InChI=1S/C26H35IN6O/c1-30(2)25(34)32-14-11-26(22-5-3-4-6-23(22)32)9-12-31(13-10-26)21-15-19-7-8-20(16-21)33(19)24-17-29-27-18-28-24/h3-6,17-21H,7-16H2,1-2H3. The van der Waals surface area contributed by atoms with E-state index in [1.807, 2.05) is 25.2 Å². The molecule has 5 aliphatic heterocycles. The smallest absolute Gasteiger partial charge is 0.323 e. The molecule has 34 heavy (non-hydrogen) atoms. The Balaban J connectivity index is 1.15. The van der Waals surface area contributed by atoms with Gasteiger partial charge in [0.25, 0.3) is 0 Å². The van der Waals surface area contributed by atoms with Gasteiger partial charge in [-0.25, -0.2) is 13.0 Å². The van der Waals surface area contributed by atoms with Gasteiger partial charge in [-0.15, -0.1) is 0 Å². The van der Waals surface area contributed by atoms with E-state index < -0.39 is 0 Å². The number of aliphatic imine (C=N–C) groups is 1. The molecule has 2 amide bonds. The summed E-state index contributed by atoms with van der Waals surface area (Å²) in [4.78, 5) is 26.6. The van der Waals surface area contributed by atoms with Crippen LogP contribution in [-0.2, 0) is 5.41 Å². The van der Waals surface area contributed by atoms with E-state index in [2.05, 4.69) is 41.4 Å². The molecule has 5 aliphatic rings. The van der Waals surface area contributed by atoms with Gasteiger partial charge in [-0.3, -0.25) is 4.90 Å². The van der Waals surface area contributed by atoms with Gasteiger partial charge in [0.1, 0.15) is 5.84 Å². The number of hydrogen-bond donors (Lipinski definition) is 0. The topological polar surface area (TPSA) is 54.8 Å². The van der Waals surface area contributed by atoms with Crippen molar-refractivity contribution in [1.29, 1.82) is 0 Å². The van der Waals surface area contributed by atoms with Gasteiger partial charge in [-0.2, -0.15) is 0 Å². The zero-order chi connectivity index (χ0) is 23.3. The van der Waals surface area contributed by atoms with Crippen LogP contribution in [0.3, 0.4) is 0 Å². The highest BCUT2D eigenvalue weighted by Gasteiger charge is 2.47. The van der Waals surface area contributed by atoms with Crippen LogP contribution in [0, 0.1) is 0 Å². The predicted molar refractivity (Wildman–Crippen MR) is 148 cm³/mol. The molecule has 8 heteroatoms. The predicted octanol–water partition coefficient (Wildman–Crippen LogP) is 4.04. The quantitative estimate of drug-likeness (QED) is 0.476. The number of likely N-dealkylation sites (tertiary alicyclic amines) is 1. The van der Waals surface area contributed by atoms with E-state index in [1.54, 1.807) is 4.90 Å². The first kappa shape index (κ1) is 22.6. The maximum absolute atomic E-state index is 12.8. The number of piperidine rings is 2. The van der Waals surface area contributed by atoms with Gasteiger partial charge < -0.3 is 14.7 Å². The number of fused-ring (bicyclic) bond motifs is 4. The normalized spacial score (nSPS) is 30.1. The number of hydrogen-bond acceptors (Lipinski definition) is 5. The minimum absolute atomic E-state index is 0.0917. The second-order valence-electron chi connectivity index (χ2n) is 10.7. The van der Waals surface area contributed by atoms with Gasteiger partial charge >= 0.3 is 6.03 Å². The number of benzene rings is 1. The summed E-state index contributed by atoms with van der Waals surface area (Å²) >= 11 is -0.204. The van der Waals surface area contributed by atoms with Crippen molar-refractivity contribution in [3.05, 3.63) is 29.8 Å². The highest BCUT2D eigenvalue weighted by atomic mass is 127. The van der Waals surface area contributed by atoms with Crippen molar-refractivity contribution in [2.24, 2.45) is 8.20 Å². The average Bonchev–Trinajstić information content (AvgIpc) is 3.14. The van der Waals surface area contributed by atoms with Crippen LogP contribution in [0.1, 0.15) is 50.5 Å². The van der Waals surface area contributed by atoms with E-state index in [-0.39, 0.29) is 32.5 Å². The van der Waals surface area contributed by atoms with Crippen LogP contribution in [0.25, 0.3) is 0 Å². The third-order valence-corrected chi connectivity index (χ3v) is 10.0. The summed E-state index contributed by atoms with van der Waals surface area (Å²) in [7, 11) is 3.69. The van der Waals surface area contributed by atoms with Crippen molar-refractivity contribution >= 4 is 48.9 Å². The van der Waals surface area contributed by atoms with Crippen molar-refractivity contribution < 1.29 is 4.79 Å². The second kappa shape index (κ2) is 9.00. The fourth-order valence-electron chi connectivity index (χ4n) is 7.17. The Hall–Kier alpha value is -1.81. The average molecular weight is 575 g/mol. The number of halogens is 1. The minimum Gasteiger partial charge on any atom is -0.349 e. The Bertz CT molecular complexity index is 1030. The third kappa shape index (κ3) is 3.81. The highest BCUT2D eigenvalue weighted by Crippen LogP contribution is 2.48. The number of anilines is 1. The molecule has 0 aliphatic carbocycles. The molecule has 2 unspecified atom stereocenters. The molecule has 0 radical (unpaired) electrons. The number of urea groups is 1. The van der Waals surface area contributed by atoms with Gasteiger partial charge in [0.15, 0.2) is 0 Å². The van der Waals surface area contributed by atoms with Crippen molar-refractivity contribution in [3.8, 4) is 0 Å². The molecule has 6 rings (SSSR count). The van der Waals surface area contributed by atoms with Gasteiger partial charge in [0.2, 0.25) is 0 Å². The third-order valence-electron chi connectivity index (χ3n) is 8.88. The Morgan fingerprint density at radius 3 is 2.41 bits per heavy atom. The number of nitrogens with zero attached hydrogens (tertiary/aromatic N) is 6. The SMILES string of the molecule is CN(C)C(=O)N1CCC2(CCN(C3CC4CCC(C3)N4C3=NC=IN=C3)CC2)c2ccccc21. The van der Waals surface area contributed by atoms with Crippen LogP contribution in [0.4, 0.5) is 10.5 Å². The maximum atomic E-state index is 12.8. The summed E-state index contributed by atoms with van der Waals surface area (Å²) in [6.45, 7) is 3.15. The Kier molecular flexibility index (Phi) is 6.00. The first-order chi connectivity index (χ1) is 16.6. The van der Waals surface area contributed by atoms with E-state index in [0.717, 1.165) is 24.5 Å². The summed E-state index contributed by atoms with van der Waals surface area (Å²) in [5.74, 6) is 1.12. The lowest BCUT2D eigenvalue weighted by Gasteiger charge is -2.51. The van der Waals surface area contributed by atoms with Crippen LogP contribution >= 0.6 is 21.0 Å². The summed E-state index contributed by atoms with van der Waals surface area (Å²) in [5.41, 5.74) is 2.73. The van der Waals surface area contributed by atoms with Gasteiger partial charge in [-0.1, -0.05) is 18.2 Å². The van der Waals surface area contributed by atoms with E-state index in [1.165, 1.54) is 57.2 Å². The molecule has 1 aromatic carbocycles. The molecule has 0 saturated carbocycles. The first-order valence-corrected chi connectivity index (χ1v) is 14.9. The Labute approximate surface area is 213 Å². The maximum Gasteiger partial charge on any atom is 0.323 e.